The van der Waals surface area contributed by atoms with Crippen LogP contribution in [-0.4, -0.2) is 31.0 Å². The van der Waals surface area contributed by atoms with Gasteiger partial charge in [-0.05, 0) is 19.0 Å². The number of nitrogen functional groups attached to an aromatic ring is 2. The maximum atomic E-state index is 10.8. The molecule has 0 aromatic carbocycles. The number of aromatic nitrogens is 4. The second-order valence-electron chi connectivity index (χ2n) is 4.33. The molecule has 2 aromatic rings. The average molecular weight is 408 g/mol. The molecule has 0 bridgehead atoms. The minimum atomic E-state index is -0.833. The monoisotopic (exact) mass is 408 g/mol. The molecule has 2 heterocycles. The first-order valence-electron chi connectivity index (χ1n) is 6.66. The Hall–Kier alpha value is -3.17. The predicted molar refractivity (Wildman–Crippen MR) is 95.9 cm³/mol. The molecule has 0 saturated carbocycles. The molecule has 0 atom stereocenters. The minimum absolute atomic E-state index is 0. The largest absolute Gasteiger partial charge is 1.00 e. The Bertz CT molecular complexity index is 856. The van der Waals surface area contributed by atoms with Gasteiger partial charge in [0.05, 0.1) is 0 Å². The molecule has 7 N–H and O–H groups in total. The summed E-state index contributed by atoms with van der Waals surface area (Å²) in [4.78, 5) is 60.5. The molecule has 0 aliphatic heterocycles. The molecule has 0 aliphatic rings. The van der Waals surface area contributed by atoms with Crippen LogP contribution in [0.2, 0.25) is 0 Å². The van der Waals surface area contributed by atoms with E-state index >= 15 is 0 Å². The Morgan fingerprint density at radius 3 is 1.89 bits per heavy atom. The van der Waals surface area contributed by atoms with Gasteiger partial charge in [0.2, 0.25) is 5.69 Å². The molecule has 0 spiro atoms. The van der Waals surface area contributed by atoms with Gasteiger partial charge in [0, 0.05) is 13.0 Å². The fraction of sp³-hybridized carbons (Fsp3) is 0.250. The van der Waals surface area contributed by atoms with E-state index in [2.05, 4.69) is 25.1 Å². The van der Waals surface area contributed by atoms with Crippen LogP contribution in [0.25, 0.3) is 0 Å². The quantitative estimate of drug-likeness (QED) is 0.181. The normalized spacial score (nSPS) is 8.11. The van der Waals surface area contributed by atoms with Crippen LogP contribution < -0.4 is 52.1 Å². The Labute approximate surface area is 178 Å². The fourth-order valence-corrected chi connectivity index (χ4v) is 1.29. The number of aliphatic carboxylic acids is 1. The van der Waals surface area contributed by atoms with Crippen molar-refractivity contribution in [2.45, 2.75) is 20.8 Å². The van der Waals surface area contributed by atoms with Gasteiger partial charge in [-0.3, -0.25) is 14.4 Å². The Kier molecular flexibility index (Phi) is 16.9. The van der Waals surface area contributed by atoms with Crippen molar-refractivity contribution in [2.24, 2.45) is 10.5 Å². The van der Waals surface area contributed by atoms with E-state index in [1.807, 2.05) is 0 Å². The van der Waals surface area contributed by atoms with Gasteiger partial charge >= 0.3 is 29.6 Å². The van der Waals surface area contributed by atoms with Crippen LogP contribution >= 0.6 is 0 Å². The molecule has 0 fully saturated rings. The van der Waals surface area contributed by atoms with Crippen molar-refractivity contribution in [2.75, 3.05) is 11.5 Å². The fourth-order valence-electron chi connectivity index (χ4n) is 1.29. The van der Waals surface area contributed by atoms with Crippen LogP contribution in [0.3, 0.4) is 0 Å². The van der Waals surface area contributed by atoms with Crippen LogP contribution in [-0.2, 0) is 4.79 Å². The van der Waals surface area contributed by atoms with Crippen molar-refractivity contribution >= 4 is 23.3 Å². The maximum Gasteiger partial charge on any atom is 1.00 e. The predicted octanol–water partition coefficient (Wildman–Crippen LogP) is -2.94. The average Bonchev–Trinajstić information content (AvgIpc) is 2.45. The molecule has 16 heteroatoms. The number of hydrogen-bond acceptors (Lipinski definition) is 12. The third-order valence-corrected chi connectivity index (χ3v) is 2.01. The SMILES string of the molecule is CC(=O)O.Cc1nc(N)c(N=O)c(=O)[nH]1.Cc1nc(N)cc(=O)[nH]1.O=N[O-].[Na+]. The third-order valence-electron chi connectivity index (χ3n) is 2.01. The van der Waals surface area contributed by atoms with E-state index in [4.69, 9.17) is 31.5 Å². The first-order chi connectivity index (χ1) is 12.5. The summed E-state index contributed by atoms with van der Waals surface area (Å²) in [5.41, 5.74) is 9.26. The van der Waals surface area contributed by atoms with Gasteiger partial charge in [0.1, 0.15) is 17.5 Å². The Morgan fingerprint density at radius 2 is 1.57 bits per heavy atom. The number of aromatic amines is 2. The molecule has 28 heavy (non-hydrogen) atoms. The van der Waals surface area contributed by atoms with Crippen molar-refractivity contribution in [1.82, 2.24) is 19.9 Å². The number of nitroso groups, excluding NO2 is 1. The Morgan fingerprint density at radius 1 is 1.14 bits per heavy atom. The van der Waals surface area contributed by atoms with Gasteiger partial charge in [-0.15, -0.1) is 10.2 Å². The zero-order valence-electron chi connectivity index (χ0n) is 15.4. The van der Waals surface area contributed by atoms with Gasteiger partial charge < -0.3 is 36.7 Å². The van der Waals surface area contributed by atoms with E-state index in [1.165, 1.54) is 6.07 Å². The molecule has 2 rings (SSSR count). The number of rotatable bonds is 1. The molecule has 0 saturated heterocycles. The van der Waals surface area contributed by atoms with E-state index in [-0.39, 0.29) is 52.4 Å². The number of aryl methyl sites for hydroxylation is 2. The smallest absolute Gasteiger partial charge is 0.481 e. The van der Waals surface area contributed by atoms with Crippen molar-refractivity contribution < 1.29 is 39.5 Å². The molecule has 0 aliphatic carbocycles. The van der Waals surface area contributed by atoms with Gasteiger partial charge in [0.15, 0.2) is 5.82 Å². The van der Waals surface area contributed by atoms with E-state index in [0.29, 0.717) is 11.6 Å². The van der Waals surface area contributed by atoms with Gasteiger partial charge in [-0.1, -0.05) is 0 Å². The molecule has 15 nitrogen and oxygen atoms in total. The number of nitrogens with two attached hydrogens (primary N) is 2. The molecule has 148 valence electrons. The molecule has 2 aromatic heterocycles. The summed E-state index contributed by atoms with van der Waals surface area (Å²) in [6, 6.07) is 1.24. The van der Waals surface area contributed by atoms with Gasteiger partial charge in [-0.25, -0.2) is 9.97 Å². The standard InChI is InChI=1S/C5H6N4O2.C5H7N3O.C2H4O2.HNO2.Na/c1-2-7-4(6)3(9-11)5(10)8-2;1-3-7-4(6)2-5(9)8-3;1-2(3)4;2-1-3;/h1H3,(H3,6,7,8,10);2H,1H3,(H3,6,7,8,9);1H3,(H,3,4);(H,2,3);/q;;;;+1/p-1. The number of carbonyl (C=O) groups is 1. The third kappa shape index (κ3) is 15.1. The number of nitrogens with one attached hydrogen (secondary N) is 2. The summed E-state index contributed by atoms with van der Waals surface area (Å²) in [7, 11) is 0. The van der Waals surface area contributed by atoms with Crippen LogP contribution in [0, 0.1) is 28.9 Å². The summed E-state index contributed by atoms with van der Waals surface area (Å²) in [6.45, 7) is 4.32. The topological polar surface area (TPSA) is 263 Å². The summed E-state index contributed by atoms with van der Waals surface area (Å²) >= 11 is 0. The first-order valence-corrected chi connectivity index (χ1v) is 6.66. The van der Waals surface area contributed by atoms with Crippen molar-refractivity contribution in [3.8, 4) is 0 Å². The first kappa shape index (κ1) is 29.6. The van der Waals surface area contributed by atoms with E-state index in [0.717, 1.165) is 12.3 Å². The molecule has 0 unspecified atom stereocenters. The number of carboxylic acid groups (broad SMARTS) is 1. The van der Waals surface area contributed by atoms with Crippen LogP contribution in [0.15, 0.2) is 26.2 Å². The van der Waals surface area contributed by atoms with Crippen molar-refractivity contribution in [3.05, 3.63) is 53.4 Å². The molecular formula is C12H17N8NaO7. The minimum Gasteiger partial charge on any atom is -0.481 e. The number of anilines is 2. The maximum absolute atomic E-state index is 10.8. The second kappa shape index (κ2) is 16.0. The molecule has 0 radical (unpaired) electrons. The van der Waals surface area contributed by atoms with Gasteiger partial charge in [0.25, 0.3) is 17.1 Å². The number of hydrogen-bond donors (Lipinski definition) is 5. The summed E-state index contributed by atoms with van der Waals surface area (Å²) < 4.78 is 0. The van der Waals surface area contributed by atoms with Crippen LogP contribution in [0.4, 0.5) is 17.3 Å². The zero-order chi connectivity index (χ0) is 21.6. The zero-order valence-corrected chi connectivity index (χ0v) is 17.4. The summed E-state index contributed by atoms with van der Waals surface area (Å²) in [5, 5.41) is 18.8. The van der Waals surface area contributed by atoms with Crippen molar-refractivity contribution in [1.29, 1.82) is 0 Å². The molecular weight excluding hydrogens is 391 g/mol. The van der Waals surface area contributed by atoms with Gasteiger partial charge in [-0.2, -0.15) is 0 Å². The van der Waals surface area contributed by atoms with Crippen LogP contribution in [0.5, 0.6) is 0 Å². The number of carboxylic acids is 1. The summed E-state index contributed by atoms with van der Waals surface area (Å²) in [6.07, 6.45) is 0. The molecule has 0 amide bonds. The van der Waals surface area contributed by atoms with E-state index in [9.17, 15) is 14.5 Å². The summed E-state index contributed by atoms with van der Waals surface area (Å²) in [5.74, 6) is 0.192. The number of H-pyrrole nitrogens is 2. The second-order valence-corrected chi connectivity index (χ2v) is 4.33. The van der Waals surface area contributed by atoms with Crippen molar-refractivity contribution in [3.63, 3.8) is 0 Å². The van der Waals surface area contributed by atoms with E-state index in [1.54, 1.807) is 13.8 Å². The van der Waals surface area contributed by atoms with Crippen LogP contribution in [0.1, 0.15) is 18.6 Å². The Balaban J connectivity index is -0.000000331. The van der Waals surface area contributed by atoms with E-state index < -0.39 is 11.5 Å². The number of nitrogens with zero attached hydrogens (tertiary/aromatic N) is 4.